The van der Waals surface area contributed by atoms with Crippen molar-refractivity contribution < 1.29 is 33.4 Å². The van der Waals surface area contributed by atoms with Crippen molar-refractivity contribution >= 4 is 28.5 Å². The lowest BCUT2D eigenvalue weighted by atomic mass is 9.96. The van der Waals surface area contributed by atoms with E-state index in [0.29, 0.717) is 29.0 Å². The summed E-state index contributed by atoms with van der Waals surface area (Å²) >= 11 is 0. The minimum atomic E-state index is -1.09. The number of hydrogen-bond donors (Lipinski definition) is 2. The summed E-state index contributed by atoms with van der Waals surface area (Å²) < 4.78 is 33.0. The number of aromatic nitrogens is 5. The molecule has 49 heavy (non-hydrogen) atoms. The van der Waals surface area contributed by atoms with Crippen molar-refractivity contribution in [3.63, 3.8) is 0 Å². The Morgan fingerprint density at radius 2 is 1.71 bits per heavy atom. The molecule has 0 radical (unpaired) electrons. The molecule has 1 aliphatic heterocycles. The zero-order chi connectivity index (χ0) is 35.7. The number of hydrogen-bond acceptors (Lipinski definition) is 9. The Labute approximate surface area is 281 Å². The lowest BCUT2D eigenvalue weighted by Crippen LogP contribution is -2.54. The smallest absolute Gasteiger partial charge is 0.442 e. The SMILES string of the molecule is CCC(C)c1ncnc(C(C)CC)c1-n1c(=O)nc(N2CCN(C(=O)/C=C/C(C)=O)C[C@@H]2C)c2cc(F)c(-c3c(O)cccc3F)[n+](O)c21. The first-order valence-corrected chi connectivity index (χ1v) is 16.3. The number of piperazine rings is 1. The van der Waals surface area contributed by atoms with Crippen molar-refractivity contribution in [3.8, 4) is 22.7 Å². The maximum Gasteiger partial charge on any atom is 0.442 e. The topological polar surface area (TPSA) is 146 Å². The summed E-state index contributed by atoms with van der Waals surface area (Å²) in [7, 11) is 0. The third kappa shape index (κ3) is 6.46. The molecule has 3 aromatic heterocycles. The maximum absolute atomic E-state index is 16.2. The Kier molecular flexibility index (Phi) is 10.1. The number of ketones is 1. The summed E-state index contributed by atoms with van der Waals surface area (Å²) in [5.74, 6) is -3.65. The van der Waals surface area contributed by atoms with Crippen LogP contribution in [0.1, 0.15) is 77.6 Å². The number of carbonyl (C=O) groups is 2. The highest BCUT2D eigenvalue weighted by molar-refractivity contribution is 5.97. The second kappa shape index (κ2) is 14.1. The van der Waals surface area contributed by atoms with Gasteiger partial charge in [-0.05, 0) is 55.7 Å². The van der Waals surface area contributed by atoms with Crippen LogP contribution in [0.5, 0.6) is 5.75 Å². The van der Waals surface area contributed by atoms with Crippen molar-refractivity contribution in [2.75, 3.05) is 24.5 Å². The van der Waals surface area contributed by atoms with Gasteiger partial charge in [0.2, 0.25) is 11.6 Å². The molecular weight excluding hydrogens is 636 g/mol. The van der Waals surface area contributed by atoms with Crippen molar-refractivity contribution in [1.82, 2.24) is 24.4 Å². The number of carbonyl (C=O) groups excluding carboxylic acids is 2. The molecule has 4 heterocycles. The van der Waals surface area contributed by atoms with Gasteiger partial charge >= 0.3 is 11.3 Å². The largest absolute Gasteiger partial charge is 0.507 e. The van der Waals surface area contributed by atoms with Crippen LogP contribution in [0, 0.1) is 11.6 Å². The second-order valence-electron chi connectivity index (χ2n) is 12.5. The molecule has 14 heteroatoms. The summed E-state index contributed by atoms with van der Waals surface area (Å²) in [6, 6.07) is 4.04. The van der Waals surface area contributed by atoms with Gasteiger partial charge in [-0.25, -0.2) is 23.5 Å². The quantitative estimate of drug-likeness (QED) is 0.148. The molecule has 1 fully saturated rings. The molecule has 3 atom stereocenters. The number of anilines is 1. The molecule has 0 spiro atoms. The minimum Gasteiger partial charge on any atom is -0.507 e. The molecule has 1 aliphatic rings. The maximum atomic E-state index is 16.2. The van der Waals surface area contributed by atoms with Gasteiger partial charge in [0.25, 0.3) is 0 Å². The van der Waals surface area contributed by atoms with Crippen LogP contribution in [-0.2, 0) is 9.59 Å². The van der Waals surface area contributed by atoms with E-state index in [9.17, 15) is 24.7 Å². The monoisotopic (exact) mass is 676 g/mol. The number of allylic oxidation sites excluding steroid dienone is 1. The van der Waals surface area contributed by atoms with Gasteiger partial charge < -0.3 is 20.1 Å². The first kappa shape index (κ1) is 35.0. The lowest BCUT2D eigenvalue weighted by molar-refractivity contribution is -0.878. The fraction of sp³-hybridized carbons (Fsp3) is 0.400. The number of nitrogens with zero attached hydrogens (tertiary/aromatic N) is 7. The molecular formula is C35H40F2N7O5+. The Balaban J connectivity index is 1.85. The number of amides is 1. The van der Waals surface area contributed by atoms with Crippen LogP contribution >= 0.6 is 0 Å². The van der Waals surface area contributed by atoms with E-state index < -0.39 is 40.4 Å². The third-order valence-corrected chi connectivity index (χ3v) is 9.16. The van der Waals surface area contributed by atoms with Crippen LogP contribution in [0.2, 0.25) is 0 Å². The van der Waals surface area contributed by atoms with Gasteiger partial charge in [-0.3, -0.25) is 9.59 Å². The van der Waals surface area contributed by atoms with E-state index in [1.165, 1.54) is 31.5 Å². The average Bonchev–Trinajstić information content (AvgIpc) is 3.07. The Hall–Kier alpha value is -5.27. The molecule has 258 valence electrons. The summed E-state index contributed by atoms with van der Waals surface area (Å²) in [4.78, 5) is 55.3. The van der Waals surface area contributed by atoms with E-state index in [-0.39, 0.29) is 65.7 Å². The van der Waals surface area contributed by atoms with Crippen molar-refractivity contribution in [1.29, 1.82) is 0 Å². The highest BCUT2D eigenvalue weighted by atomic mass is 19.1. The highest BCUT2D eigenvalue weighted by Gasteiger charge is 2.37. The number of phenols is 1. The standard InChI is InChI=1S/C35H39F2N7O5/c1-7-19(3)29-32(30(20(4)8-2)39-18-38-29)43-34-23(16-25(37)31(44(34)49)28-24(36)10-9-11-26(28)46)33(40-35(43)48)42-15-14-41(17-21(42)5)27(47)13-12-22(6)45/h9-13,16,18-21,49H,7-8,14-15,17H2,1-6H3/p+1/b13-12+/t19?,20?,21-/m0/s1. The van der Waals surface area contributed by atoms with Gasteiger partial charge in [-0.15, -0.1) is 4.57 Å². The zero-order valence-electron chi connectivity index (χ0n) is 28.3. The number of benzene rings is 1. The Bertz CT molecular complexity index is 1980. The van der Waals surface area contributed by atoms with E-state index in [2.05, 4.69) is 15.0 Å². The lowest BCUT2D eigenvalue weighted by Gasteiger charge is -2.40. The molecule has 0 aliphatic carbocycles. The van der Waals surface area contributed by atoms with Gasteiger partial charge in [0.1, 0.15) is 28.8 Å². The van der Waals surface area contributed by atoms with E-state index >= 15 is 8.78 Å². The molecule has 4 aromatic rings. The zero-order valence-corrected chi connectivity index (χ0v) is 28.3. The number of pyridine rings is 1. The molecule has 1 aromatic carbocycles. The summed E-state index contributed by atoms with van der Waals surface area (Å²) in [5.41, 5.74) is -1.10. The molecule has 0 saturated carbocycles. The number of fused-ring (bicyclic) bond motifs is 1. The summed E-state index contributed by atoms with van der Waals surface area (Å²) in [6.07, 6.45) is 5.11. The van der Waals surface area contributed by atoms with Gasteiger partial charge in [-0.1, -0.05) is 33.8 Å². The molecule has 12 nitrogen and oxygen atoms in total. The van der Waals surface area contributed by atoms with Gasteiger partial charge in [-0.2, -0.15) is 4.98 Å². The van der Waals surface area contributed by atoms with Crippen LogP contribution < -0.4 is 15.3 Å². The molecule has 5 rings (SSSR count). The Morgan fingerprint density at radius 1 is 1.06 bits per heavy atom. The molecule has 2 unspecified atom stereocenters. The molecule has 1 saturated heterocycles. The van der Waals surface area contributed by atoms with Crippen molar-refractivity contribution in [2.45, 2.75) is 72.3 Å². The number of phenolic OH excluding ortho intramolecular Hbond substituents is 1. The van der Waals surface area contributed by atoms with Crippen molar-refractivity contribution in [3.05, 3.63) is 76.3 Å². The Morgan fingerprint density at radius 3 is 2.29 bits per heavy atom. The number of halogens is 2. The number of aromatic hydroxyl groups is 1. The average molecular weight is 677 g/mol. The molecule has 0 bridgehead atoms. The molecule has 1 amide bonds. The predicted octanol–water partition coefficient (Wildman–Crippen LogP) is 4.56. The first-order chi connectivity index (χ1) is 23.3. The first-order valence-electron chi connectivity index (χ1n) is 16.3. The second-order valence-corrected chi connectivity index (χ2v) is 12.5. The fourth-order valence-corrected chi connectivity index (χ4v) is 6.16. The van der Waals surface area contributed by atoms with Crippen LogP contribution in [0.15, 0.2) is 47.5 Å². The van der Waals surface area contributed by atoms with Crippen LogP contribution in [0.3, 0.4) is 0 Å². The third-order valence-electron chi connectivity index (χ3n) is 9.16. The van der Waals surface area contributed by atoms with E-state index in [0.717, 1.165) is 22.8 Å². The highest BCUT2D eigenvalue weighted by Crippen LogP contribution is 2.37. The van der Waals surface area contributed by atoms with E-state index in [1.807, 2.05) is 27.7 Å². The van der Waals surface area contributed by atoms with E-state index in [4.69, 9.17) is 0 Å². The van der Waals surface area contributed by atoms with Crippen LogP contribution in [-0.4, -0.2) is 72.1 Å². The fourth-order valence-electron chi connectivity index (χ4n) is 6.16. The van der Waals surface area contributed by atoms with Crippen molar-refractivity contribution in [2.24, 2.45) is 0 Å². The van der Waals surface area contributed by atoms with Crippen LogP contribution in [0.4, 0.5) is 14.6 Å². The number of rotatable bonds is 9. The van der Waals surface area contributed by atoms with Gasteiger partial charge in [0.05, 0.1) is 11.4 Å². The minimum absolute atomic E-state index is 0.0105. The van der Waals surface area contributed by atoms with Crippen LogP contribution in [0.25, 0.3) is 28.0 Å². The summed E-state index contributed by atoms with van der Waals surface area (Å²) in [6.45, 7) is 11.5. The van der Waals surface area contributed by atoms with Gasteiger partial charge in [0.15, 0.2) is 23.1 Å². The van der Waals surface area contributed by atoms with E-state index in [1.54, 1.807) is 16.7 Å². The molecule has 2 N–H and O–H groups in total. The predicted molar refractivity (Wildman–Crippen MR) is 178 cm³/mol. The normalized spacial score (nSPS) is 16.4. The van der Waals surface area contributed by atoms with Gasteiger partial charge in [0, 0.05) is 43.6 Å². The summed E-state index contributed by atoms with van der Waals surface area (Å²) in [5, 5.41) is 22.6.